The van der Waals surface area contributed by atoms with E-state index >= 15 is 0 Å². The molecule has 0 aliphatic heterocycles. The predicted octanol–water partition coefficient (Wildman–Crippen LogP) is 2.71. The number of hydrogen-bond acceptors (Lipinski definition) is 2. The van der Waals surface area contributed by atoms with Crippen molar-refractivity contribution in [3.8, 4) is 0 Å². The van der Waals surface area contributed by atoms with E-state index in [4.69, 9.17) is 4.42 Å². The van der Waals surface area contributed by atoms with Gasteiger partial charge in [-0.3, -0.25) is 0 Å². The molecule has 100 valence electrons. The fourth-order valence-electron chi connectivity index (χ4n) is 1.83. The molecule has 2 rings (SSSR count). The van der Waals surface area contributed by atoms with Crippen LogP contribution in [0.1, 0.15) is 18.2 Å². The van der Waals surface area contributed by atoms with Crippen LogP contribution in [-0.2, 0) is 13.0 Å². The predicted molar refractivity (Wildman–Crippen MR) is 73.7 cm³/mol. The minimum absolute atomic E-state index is 0.0296. The molecule has 0 aliphatic carbocycles. The summed E-state index contributed by atoms with van der Waals surface area (Å²) in [4.78, 5) is 11.7. The molecule has 0 bridgehead atoms. The Morgan fingerprint density at radius 1 is 1.21 bits per heavy atom. The third-order valence-corrected chi connectivity index (χ3v) is 2.76. The first-order chi connectivity index (χ1) is 9.24. The normalized spacial score (nSPS) is 11.8. The molecule has 2 aromatic rings. The molecular weight excluding hydrogens is 240 g/mol. The van der Waals surface area contributed by atoms with Crippen molar-refractivity contribution in [2.45, 2.75) is 25.9 Å². The van der Waals surface area contributed by atoms with E-state index in [1.807, 2.05) is 49.4 Å². The standard InChI is InChI=1S/C15H18N2O2/c1-12(10-14-8-5-9-19-14)17-15(18)16-11-13-6-3-2-4-7-13/h2-9,12H,10-11H2,1H3,(H2,16,17,18). The number of benzene rings is 1. The number of carbonyl (C=O) groups is 1. The zero-order valence-corrected chi connectivity index (χ0v) is 10.9. The van der Waals surface area contributed by atoms with Crippen LogP contribution in [0.4, 0.5) is 4.79 Å². The molecular formula is C15H18N2O2. The molecule has 0 spiro atoms. The fourth-order valence-corrected chi connectivity index (χ4v) is 1.83. The summed E-state index contributed by atoms with van der Waals surface area (Å²) in [5.74, 6) is 0.871. The van der Waals surface area contributed by atoms with Crippen molar-refractivity contribution in [3.05, 3.63) is 60.1 Å². The molecule has 4 heteroatoms. The van der Waals surface area contributed by atoms with Gasteiger partial charge in [-0.05, 0) is 24.6 Å². The van der Waals surface area contributed by atoms with E-state index in [0.717, 1.165) is 11.3 Å². The number of urea groups is 1. The fraction of sp³-hybridized carbons (Fsp3) is 0.267. The van der Waals surface area contributed by atoms with Crippen molar-refractivity contribution in [3.63, 3.8) is 0 Å². The summed E-state index contributed by atoms with van der Waals surface area (Å²) >= 11 is 0. The largest absolute Gasteiger partial charge is 0.469 e. The van der Waals surface area contributed by atoms with Crippen molar-refractivity contribution in [1.29, 1.82) is 0 Å². The maximum Gasteiger partial charge on any atom is 0.315 e. The highest BCUT2D eigenvalue weighted by Gasteiger charge is 2.08. The number of amides is 2. The molecule has 0 saturated heterocycles. The van der Waals surface area contributed by atoms with Crippen LogP contribution in [0.3, 0.4) is 0 Å². The molecule has 1 heterocycles. The van der Waals surface area contributed by atoms with Crippen molar-refractivity contribution in [1.82, 2.24) is 10.6 Å². The Labute approximate surface area is 112 Å². The maximum absolute atomic E-state index is 11.7. The molecule has 0 fully saturated rings. The zero-order chi connectivity index (χ0) is 13.5. The Morgan fingerprint density at radius 3 is 2.68 bits per heavy atom. The molecule has 19 heavy (non-hydrogen) atoms. The Morgan fingerprint density at radius 2 is 2.00 bits per heavy atom. The summed E-state index contributed by atoms with van der Waals surface area (Å²) in [5.41, 5.74) is 1.08. The summed E-state index contributed by atoms with van der Waals surface area (Å²) in [6.07, 6.45) is 2.32. The molecule has 1 unspecified atom stereocenters. The van der Waals surface area contributed by atoms with Crippen LogP contribution < -0.4 is 10.6 Å². The minimum Gasteiger partial charge on any atom is -0.469 e. The van der Waals surface area contributed by atoms with E-state index < -0.39 is 0 Å². The van der Waals surface area contributed by atoms with Gasteiger partial charge in [-0.1, -0.05) is 30.3 Å². The number of hydrogen-bond donors (Lipinski definition) is 2. The average molecular weight is 258 g/mol. The van der Waals surface area contributed by atoms with Gasteiger partial charge in [0.05, 0.1) is 6.26 Å². The quantitative estimate of drug-likeness (QED) is 0.866. The number of rotatable bonds is 5. The van der Waals surface area contributed by atoms with Gasteiger partial charge in [0, 0.05) is 19.0 Å². The lowest BCUT2D eigenvalue weighted by Gasteiger charge is -2.13. The molecule has 2 N–H and O–H groups in total. The molecule has 4 nitrogen and oxygen atoms in total. The second kappa shape index (κ2) is 6.64. The van der Waals surface area contributed by atoms with E-state index in [-0.39, 0.29) is 12.1 Å². The third kappa shape index (κ3) is 4.50. The van der Waals surface area contributed by atoms with Gasteiger partial charge in [-0.2, -0.15) is 0 Å². The highest BCUT2D eigenvalue weighted by molar-refractivity contribution is 5.74. The summed E-state index contributed by atoms with van der Waals surface area (Å²) in [6.45, 7) is 2.48. The van der Waals surface area contributed by atoms with Crippen LogP contribution in [0.2, 0.25) is 0 Å². The van der Waals surface area contributed by atoms with E-state index in [2.05, 4.69) is 10.6 Å². The summed E-state index contributed by atoms with van der Waals surface area (Å²) in [6, 6.07) is 13.4. The molecule has 0 saturated carbocycles. The van der Waals surface area contributed by atoms with Gasteiger partial charge in [-0.25, -0.2) is 4.79 Å². The van der Waals surface area contributed by atoms with Crippen LogP contribution in [0.5, 0.6) is 0 Å². The highest BCUT2D eigenvalue weighted by atomic mass is 16.3. The van der Waals surface area contributed by atoms with Gasteiger partial charge in [0.1, 0.15) is 5.76 Å². The number of furan rings is 1. The van der Waals surface area contributed by atoms with Gasteiger partial charge in [0.25, 0.3) is 0 Å². The van der Waals surface area contributed by atoms with Crippen molar-refractivity contribution >= 4 is 6.03 Å². The van der Waals surface area contributed by atoms with Crippen LogP contribution in [0.25, 0.3) is 0 Å². The first-order valence-electron chi connectivity index (χ1n) is 6.34. The zero-order valence-electron chi connectivity index (χ0n) is 10.9. The van der Waals surface area contributed by atoms with E-state index in [1.165, 1.54) is 0 Å². The molecule has 0 radical (unpaired) electrons. The van der Waals surface area contributed by atoms with Crippen LogP contribution in [0.15, 0.2) is 53.1 Å². The van der Waals surface area contributed by atoms with E-state index in [1.54, 1.807) is 6.26 Å². The van der Waals surface area contributed by atoms with Gasteiger partial charge >= 0.3 is 6.03 Å². The SMILES string of the molecule is CC(Cc1ccco1)NC(=O)NCc1ccccc1. The molecule has 1 aromatic heterocycles. The minimum atomic E-state index is -0.164. The molecule has 1 atom stereocenters. The van der Waals surface area contributed by atoms with Crippen molar-refractivity contribution in [2.24, 2.45) is 0 Å². The summed E-state index contributed by atoms with van der Waals surface area (Å²) < 4.78 is 5.24. The van der Waals surface area contributed by atoms with Crippen molar-refractivity contribution in [2.75, 3.05) is 0 Å². The van der Waals surface area contributed by atoms with Crippen LogP contribution >= 0.6 is 0 Å². The molecule has 2 amide bonds. The third-order valence-electron chi connectivity index (χ3n) is 2.76. The molecule has 1 aromatic carbocycles. The summed E-state index contributed by atoms with van der Waals surface area (Å²) in [7, 11) is 0. The van der Waals surface area contributed by atoms with E-state index in [0.29, 0.717) is 13.0 Å². The van der Waals surface area contributed by atoms with Gasteiger partial charge in [-0.15, -0.1) is 0 Å². The lowest BCUT2D eigenvalue weighted by molar-refractivity contribution is 0.237. The second-order valence-corrected chi connectivity index (χ2v) is 4.50. The first kappa shape index (κ1) is 13.2. The van der Waals surface area contributed by atoms with Crippen LogP contribution in [0, 0.1) is 0 Å². The van der Waals surface area contributed by atoms with Crippen molar-refractivity contribution < 1.29 is 9.21 Å². The topological polar surface area (TPSA) is 54.3 Å². The Kier molecular flexibility index (Phi) is 4.61. The maximum atomic E-state index is 11.7. The lowest BCUT2D eigenvalue weighted by atomic mass is 10.2. The Balaban J connectivity index is 1.72. The van der Waals surface area contributed by atoms with Gasteiger partial charge < -0.3 is 15.1 Å². The first-order valence-corrected chi connectivity index (χ1v) is 6.34. The second-order valence-electron chi connectivity index (χ2n) is 4.50. The monoisotopic (exact) mass is 258 g/mol. The van der Waals surface area contributed by atoms with Gasteiger partial charge in [0.2, 0.25) is 0 Å². The molecule has 0 aliphatic rings. The smallest absolute Gasteiger partial charge is 0.315 e. The lowest BCUT2D eigenvalue weighted by Crippen LogP contribution is -2.41. The van der Waals surface area contributed by atoms with Gasteiger partial charge in [0.15, 0.2) is 0 Å². The number of nitrogens with one attached hydrogen (secondary N) is 2. The highest BCUT2D eigenvalue weighted by Crippen LogP contribution is 2.03. The number of carbonyl (C=O) groups excluding carboxylic acids is 1. The van der Waals surface area contributed by atoms with Crippen LogP contribution in [-0.4, -0.2) is 12.1 Å². The summed E-state index contributed by atoms with van der Waals surface area (Å²) in [5, 5.41) is 5.71. The Bertz CT molecular complexity index is 494. The Hall–Kier alpha value is -2.23. The van der Waals surface area contributed by atoms with E-state index in [9.17, 15) is 4.79 Å². The average Bonchev–Trinajstić information content (AvgIpc) is 2.90.